The van der Waals surface area contributed by atoms with Gasteiger partial charge in [-0.2, -0.15) is 0 Å². The Kier molecular flexibility index (Phi) is 2.72. The quantitative estimate of drug-likeness (QED) is 0.143. The highest BCUT2D eigenvalue weighted by Gasteiger charge is 2.70. The van der Waals surface area contributed by atoms with Gasteiger partial charge in [0.05, 0.1) is 16.3 Å². The lowest BCUT2D eigenvalue weighted by atomic mass is 9.85. The topological polar surface area (TPSA) is 17.0 Å². The summed E-state index contributed by atoms with van der Waals surface area (Å²) in [6.07, 6.45) is 4.50. The second kappa shape index (κ2) is 5.55. The first kappa shape index (κ1) is 17.6. The second-order valence-electron chi connectivity index (χ2n) is 10.2. The van der Waals surface area contributed by atoms with Crippen molar-refractivity contribution in [3.8, 4) is 22.8 Å². The number of fused-ring (bicyclic) bond motifs is 6. The van der Waals surface area contributed by atoms with Gasteiger partial charge in [0, 0.05) is 18.2 Å². The van der Waals surface area contributed by atoms with Crippen LogP contribution < -0.4 is 13.9 Å². The van der Waals surface area contributed by atoms with Gasteiger partial charge in [-0.15, -0.1) is 9.13 Å². The molecule has 3 aliphatic heterocycles. The summed E-state index contributed by atoms with van der Waals surface area (Å²) in [5.74, 6) is 1.89. The van der Waals surface area contributed by atoms with Crippen molar-refractivity contribution in [3.63, 3.8) is 0 Å². The van der Waals surface area contributed by atoms with Crippen molar-refractivity contribution in [1.82, 2.24) is 0 Å². The minimum atomic E-state index is -0.506. The average molecular weight is 459 g/mol. The molecule has 3 nitrogen and oxygen atoms in total. The highest BCUT2D eigenvalue weighted by atomic mass is 16.5. The van der Waals surface area contributed by atoms with Gasteiger partial charge in [0.25, 0.3) is 0 Å². The predicted molar refractivity (Wildman–Crippen MR) is 140 cm³/mol. The molecule has 3 aliphatic rings. The number of nitrogens with zero attached hydrogens (tertiary/aromatic N) is 2. The Bertz CT molecular complexity index is 2200. The summed E-state index contributed by atoms with van der Waals surface area (Å²) in [6.45, 7) is 0. The Morgan fingerprint density at radius 3 is 2.22 bits per heavy atom. The Balaban J connectivity index is 1.54. The van der Waals surface area contributed by atoms with E-state index < -0.39 is 5.66 Å². The van der Waals surface area contributed by atoms with E-state index in [1.165, 1.54) is 65.6 Å². The van der Waals surface area contributed by atoms with Crippen LogP contribution in [-0.2, 0) is 5.66 Å². The van der Waals surface area contributed by atoms with Crippen molar-refractivity contribution >= 4 is 43.2 Å². The van der Waals surface area contributed by atoms with E-state index in [1.54, 1.807) is 0 Å². The van der Waals surface area contributed by atoms with Crippen LogP contribution in [0.1, 0.15) is 11.1 Å². The van der Waals surface area contributed by atoms with Gasteiger partial charge in [0.15, 0.2) is 23.5 Å². The first-order valence-electron chi connectivity index (χ1n) is 12.4. The third-order valence-electron chi connectivity index (χ3n) is 8.64. The number of aromatic nitrogens is 2. The fraction of sp³-hybridized carbons (Fsp3) is 0.0303. The maximum Gasteiger partial charge on any atom is 0.425 e. The van der Waals surface area contributed by atoms with Crippen LogP contribution in [0.5, 0.6) is 11.5 Å². The van der Waals surface area contributed by atoms with Crippen LogP contribution in [0.3, 0.4) is 0 Å². The Hall–Kier alpha value is -4.76. The van der Waals surface area contributed by atoms with Crippen molar-refractivity contribution in [2.24, 2.45) is 0 Å². The first-order valence-corrected chi connectivity index (χ1v) is 12.4. The Morgan fingerprint density at radius 1 is 0.556 bits per heavy atom. The van der Waals surface area contributed by atoms with Crippen LogP contribution in [0.4, 0.5) is 0 Å². The molecule has 0 amide bonds. The van der Waals surface area contributed by atoms with E-state index in [4.69, 9.17) is 4.74 Å². The molecule has 3 heteroatoms. The van der Waals surface area contributed by atoms with Gasteiger partial charge in [0.2, 0.25) is 11.2 Å². The van der Waals surface area contributed by atoms with Crippen molar-refractivity contribution in [3.05, 3.63) is 121 Å². The monoisotopic (exact) mass is 458 g/mol. The number of hydrogen-bond donors (Lipinski definition) is 0. The van der Waals surface area contributed by atoms with Gasteiger partial charge in [0.1, 0.15) is 11.5 Å². The summed E-state index contributed by atoms with van der Waals surface area (Å²) in [4.78, 5) is 0. The molecular formula is C33H18N2O+2. The molecule has 0 saturated heterocycles. The van der Waals surface area contributed by atoms with Gasteiger partial charge < -0.3 is 4.74 Å². The van der Waals surface area contributed by atoms with E-state index >= 15 is 0 Å². The number of hydrogen-bond acceptors (Lipinski definition) is 1. The lowest BCUT2D eigenvalue weighted by Gasteiger charge is -2.25. The summed E-state index contributed by atoms with van der Waals surface area (Å²) in [5.41, 5.74) is 5.72. The molecule has 5 aromatic carbocycles. The standard InChI is InChI=1S/C33H18N2O/c1-2-8-20-18-25-22-10-6-16-35-32(22)29-21(24(25)17-19(20)7-1)13-14-28-31(29)33(35)30-23(9-5-12-27(30)36-28)26-11-3-4-15-34(26)33/h1-18H/q+2. The van der Waals surface area contributed by atoms with Gasteiger partial charge >= 0.3 is 5.66 Å². The van der Waals surface area contributed by atoms with E-state index in [-0.39, 0.29) is 0 Å². The molecule has 1 spiro atoms. The zero-order valence-electron chi connectivity index (χ0n) is 19.2. The lowest BCUT2D eigenvalue weighted by molar-refractivity contribution is -0.950. The van der Waals surface area contributed by atoms with Crippen LogP contribution in [0, 0.1) is 0 Å². The summed E-state index contributed by atoms with van der Waals surface area (Å²) in [6, 6.07) is 35.3. The molecule has 0 bridgehead atoms. The molecule has 2 aromatic heterocycles. The smallest absolute Gasteiger partial charge is 0.425 e. The van der Waals surface area contributed by atoms with Gasteiger partial charge in [-0.1, -0.05) is 30.3 Å². The number of rotatable bonds is 0. The minimum Gasteiger partial charge on any atom is -0.456 e. The lowest BCUT2D eigenvalue weighted by Crippen LogP contribution is -2.71. The third kappa shape index (κ3) is 1.67. The molecule has 1 atom stereocenters. The van der Waals surface area contributed by atoms with Crippen molar-refractivity contribution in [2.45, 2.75) is 5.66 Å². The normalized spacial score (nSPS) is 17.8. The number of benzene rings is 5. The number of ether oxygens (including phenoxy) is 1. The zero-order chi connectivity index (χ0) is 23.2. The number of pyridine rings is 2. The largest absolute Gasteiger partial charge is 0.456 e. The van der Waals surface area contributed by atoms with E-state index in [2.05, 4.69) is 119 Å². The highest BCUT2D eigenvalue weighted by molar-refractivity contribution is 6.27. The van der Waals surface area contributed by atoms with Crippen molar-refractivity contribution < 1.29 is 13.9 Å². The van der Waals surface area contributed by atoms with E-state index in [0.717, 1.165) is 11.5 Å². The average Bonchev–Trinajstić information content (AvgIpc) is 3.42. The highest BCUT2D eigenvalue weighted by Crippen LogP contribution is 2.57. The van der Waals surface area contributed by atoms with Crippen LogP contribution in [0.2, 0.25) is 0 Å². The van der Waals surface area contributed by atoms with E-state index in [1.807, 2.05) is 0 Å². The van der Waals surface area contributed by atoms with Crippen molar-refractivity contribution in [1.29, 1.82) is 0 Å². The predicted octanol–water partition coefficient (Wildman–Crippen LogP) is 6.57. The molecule has 7 aromatic rings. The fourth-order valence-corrected chi connectivity index (χ4v) is 7.40. The molecule has 1 unspecified atom stereocenters. The minimum absolute atomic E-state index is 0.506. The van der Waals surface area contributed by atoms with Crippen LogP contribution in [0.15, 0.2) is 109 Å². The molecular weight excluding hydrogens is 440 g/mol. The zero-order valence-corrected chi connectivity index (χ0v) is 19.2. The summed E-state index contributed by atoms with van der Waals surface area (Å²) < 4.78 is 11.6. The molecule has 36 heavy (non-hydrogen) atoms. The third-order valence-corrected chi connectivity index (χ3v) is 8.64. The SMILES string of the molecule is c1cc2c3c(c1)-c1cccc[n+]1C31c3c(ccc4c5cc6ccccc6cc5c5ccc[n+]1c5c34)O2. The molecule has 5 heterocycles. The van der Waals surface area contributed by atoms with E-state index in [9.17, 15) is 0 Å². The van der Waals surface area contributed by atoms with Crippen LogP contribution in [0.25, 0.3) is 54.5 Å². The molecule has 0 N–H and O–H groups in total. The maximum atomic E-state index is 6.67. The van der Waals surface area contributed by atoms with Gasteiger partial charge in [-0.25, -0.2) is 0 Å². The van der Waals surface area contributed by atoms with E-state index in [0.29, 0.717) is 0 Å². The molecule has 0 fully saturated rings. The van der Waals surface area contributed by atoms with Crippen LogP contribution >= 0.6 is 0 Å². The summed E-state index contributed by atoms with van der Waals surface area (Å²) >= 11 is 0. The van der Waals surface area contributed by atoms with Crippen molar-refractivity contribution in [2.75, 3.05) is 0 Å². The van der Waals surface area contributed by atoms with Gasteiger partial charge in [-0.3, -0.25) is 0 Å². The Morgan fingerprint density at radius 2 is 1.33 bits per heavy atom. The van der Waals surface area contributed by atoms with Gasteiger partial charge in [-0.05, 0) is 75.5 Å². The van der Waals surface area contributed by atoms with Crippen LogP contribution in [-0.4, -0.2) is 0 Å². The molecule has 10 rings (SSSR count). The molecule has 0 aliphatic carbocycles. The molecule has 0 saturated carbocycles. The summed E-state index contributed by atoms with van der Waals surface area (Å²) in [5, 5.41) is 9.00. The molecule has 164 valence electrons. The second-order valence-corrected chi connectivity index (χ2v) is 10.2. The first-order chi connectivity index (χ1) is 17.9. The molecule has 0 radical (unpaired) electrons. The fourth-order valence-electron chi connectivity index (χ4n) is 7.40. The maximum absolute atomic E-state index is 6.67. The summed E-state index contributed by atoms with van der Waals surface area (Å²) in [7, 11) is 0. The Labute approximate surface area is 206 Å².